The molecule has 0 saturated heterocycles. The Labute approximate surface area is 103 Å². The van der Waals surface area contributed by atoms with Gasteiger partial charge >= 0.3 is 0 Å². The molecule has 1 N–H and O–H groups in total. The predicted octanol–water partition coefficient (Wildman–Crippen LogP) is 2.48. The maximum Gasteiger partial charge on any atom is 0.134 e. The van der Waals surface area contributed by atoms with E-state index in [0.717, 1.165) is 18.5 Å². The van der Waals surface area contributed by atoms with Crippen LogP contribution in [0, 0.1) is 0 Å². The first-order chi connectivity index (χ1) is 7.70. The molecule has 4 nitrogen and oxygen atoms in total. The molecule has 1 unspecified atom stereocenters. The number of hydrogen-bond acceptors (Lipinski definition) is 4. The van der Waals surface area contributed by atoms with Crippen LogP contribution >= 0.6 is 22.9 Å². The molecule has 0 saturated carbocycles. The second-order valence-corrected chi connectivity index (χ2v) is 5.14. The number of aliphatic hydroxyl groups is 1. The van der Waals surface area contributed by atoms with Gasteiger partial charge in [0.05, 0.1) is 12.4 Å². The SMILES string of the molecule is CCCn1cc(C(O)c2ncc(Cl)s2)cn1. The molecule has 86 valence electrons. The Morgan fingerprint density at radius 3 is 3.00 bits per heavy atom. The average Bonchev–Trinajstić information content (AvgIpc) is 2.87. The van der Waals surface area contributed by atoms with Crippen molar-refractivity contribution in [1.82, 2.24) is 14.8 Å². The number of hydrogen-bond donors (Lipinski definition) is 1. The van der Waals surface area contributed by atoms with Gasteiger partial charge in [-0.3, -0.25) is 4.68 Å². The second-order valence-electron chi connectivity index (χ2n) is 3.44. The third kappa shape index (κ3) is 2.42. The van der Waals surface area contributed by atoms with Crippen molar-refractivity contribution in [3.05, 3.63) is 33.5 Å². The van der Waals surface area contributed by atoms with Crippen molar-refractivity contribution in [2.75, 3.05) is 0 Å². The minimum absolute atomic E-state index is 0.579. The minimum atomic E-state index is -0.733. The number of thiazole rings is 1. The van der Waals surface area contributed by atoms with Crippen molar-refractivity contribution in [2.45, 2.75) is 26.0 Å². The number of aryl methyl sites for hydroxylation is 1. The van der Waals surface area contributed by atoms with E-state index in [1.165, 1.54) is 11.3 Å². The van der Waals surface area contributed by atoms with Gasteiger partial charge < -0.3 is 5.11 Å². The fourth-order valence-corrected chi connectivity index (χ4v) is 2.35. The van der Waals surface area contributed by atoms with Crippen LogP contribution in [-0.4, -0.2) is 19.9 Å². The molecule has 0 bridgehead atoms. The Kier molecular flexibility index (Phi) is 3.58. The zero-order valence-corrected chi connectivity index (χ0v) is 10.4. The van der Waals surface area contributed by atoms with Crippen LogP contribution in [0.2, 0.25) is 4.34 Å². The summed E-state index contributed by atoms with van der Waals surface area (Å²) < 4.78 is 2.39. The van der Waals surface area contributed by atoms with Crippen molar-refractivity contribution in [1.29, 1.82) is 0 Å². The highest BCUT2D eigenvalue weighted by molar-refractivity contribution is 7.15. The van der Waals surface area contributed by atoms with Gasteiger partial charge in [-0.1, -0.05) is 18.5 Å². The monoisotopic (exact) mass is 257 g/mol. The number of rotatable bonds is 4. The summed E-state index contributed by atoms with van der Waals surface area (Å²) in [5.41, 5.74) is 0.750. The van der Waals surface area contributed by atoms with E-state index in [1.54, 1.807) is 12.4 Å². The summed E-state index contributed by atoms with van der Waals surface area (Å²) in [6, 6.07) is 0. The molecule has 0 spiro atoms. The molecule has 6 heteroatoms. The van der Waals surface area contributed by atoms with E-state index in [1.807, 2.05) is 10.9 Å². The lowest BCUT2D eigenvalue weighted by molar-refractivity contribution is 0.219. The summed E-state index contributed by atoms with van der Waals surface area (Å²) in [4.78, 5) is 4.05. The lowest BCUT2D eigenvalue weighted by atomic mass is 10.2. The van der Waals surface area contributed by atoms with Crippen LogP contribution < -0.4 is 0 Å². The molecule has 2 heterocycles. The van der Waals surface area contributed by atoms with Gasteiger partial charge in [-0.25, -0.2) is 4.98 Å². The lowest BCUT2D eigenvalue weighted by Crippen LogP contribution is -1.98. The molecule has 0 aliphatic carbocycles. The Bertz CT molecular complexity index is 468. The normalized spacial score (nSPS) is 12.9. The molecule has 0 aliphatic heterocycles. The van der Waals surface area contributed by atoms with Gasteiger partial charge in [0.1, 0.15) is 15.4 Å². The van der Waals surface area contributed by atoms with Gasteiger partial charge in [0.15, 0.2) is 0 Å². The van der Waals surface area contributed by atoms with Crippen molar-refractivity contribution >= 4 is 22.9 Å². The third-order valence-electron chi connectivity index (χ3n) is 2.15. The van der Waals surface area contributed by atoms with Crippen LogP contribution in [0.3, 0.4) is 0 Å². The Balaban J connectivity index is 2.17. The van der Waals surface area contributed by atoms with Gasteiger partial charge in [-0.05, 0) is 6.42 Å². The van der Waals surface area contributed by atoms with Crippen LogP contribution in [-0.2, 0) is 6.54 Å². The lowest BCUT2D eigenvalue weighted by Gasteiger charge is -2.03. The fourth-order valence-electron chi connectivity index (χ4n) is 1.41. The van der Waals surface area contributed by atoms with Crippen molar-refractivity contribution in [3.8, 4) is 0 Å². The van der Waals surface area contributed by atoms with E-state index < -0.39 is 6.10 Å². The topological polar surface area (TPSA) is 50.9 Å². The van der Waals surface area contributed by atoms with E-state index in [4.69, 9.17) is 11.6 Å². The molecule has 2 aromatic rings. The number of aliphatic hydroxyl groups excluding tert-OH is 1. The number of aromatic nitrogens is 3. The van der Waals surface area contributed by atoms with Crippen molar-refractivity contribution < 1.29 is 5.11 Å². The third-order valence-corrected chi connectivity index (χ3v) is 3.32. The molecular formula is C10H12ClN3OS. The number of halogens is 1. The summed E-state index contributed by atoms with van der Waals surface area (Å²) >= 11 is 7.05. The van der Waals surface area contributed by atoms with E-state index in [-0.39, 0.29) is 0 Å². The van der Waals surface area contributed by atoms with E-state index in [0.29, 0.717) is 9.34 Å². The highest BCUT2D eigenvalue weighted by Gasteiger charge is 2.16. The van der Waals surface area contributed by atoms with Crippen LogP contribution in [0.5, 0.6) is 0 Å². The van der Waals surface area contributed by atoms with Gasteiger partial charge in [0, 0.05) is 18.3 Å². The van der Waals surface area contributed by atoms with Crippen molar-refractivity contribution in [2.24, 2.45) is 0 Å². The van der Waals surface area contributed by atoms with Gasteiger partial charge in [0.2, 0.25) is 0 Å². The Morgan fingerprint density at radius 2 is 2.38 bits per heavy atom. The summed E-state index contributed by atoms with van der Waals surface area (Å²) in [5, 5.41) is 14.8. The van der Waals surface area contributed by atoms with E-state index in [9.17, 15) is 5.11 Å². The van der Waals surface area contributed by atoms with E-state index in [2.05, 4.69) is 17.0 Å². The first kappa shape index (κ1) is 11.6. The molecule has 0 radical (unpaired) electrons. The highest BCUT2D eigenvalue weighted by atomic mass is 35.5. The van der Waals surface area contributed by atoms with Crippen LogP contribution in [0.1, 0.15) is 30.0 Å². The minimum Gasteiger partial charge on any atom is -0.381 e. The maximum absolute atomic E-state index is 10.0. The quantitative estimate of drug-likeness (QED) is 0.916. The molecule has 2 rings (SSSR count). The zero-order chi connectivity index (χ0) is 11.5. The fraction of sp³-hybridized carbons (Fsp3) is 0.400. The van der Waals surface area contributed by atoms with Gasteiger partial charge in [-0.15, -0.1) is 11.3 Å². The maximum atomic E-state index is 10.0. The summed E-state index contributed by atoms with van der Waals surface area (Å²) in [6.07, 6.45) is 5.32. The molecule has 16 heavy (non-hydrogen) atoms. The van der Waals surface area contributed by atoms with Crippen molar-refractivity contribution in [3.63, 3.8) is 0 Å². The zero-order valence-electron chi connectivity index (χ0n) is 8.80. The first-order valence-electron chi connectivity index (χ1n) is 5.02. The van der Waals surface area contributed by atoms with Gasteiger partial charge in [0.25, 0.3) is 0 Å². The molecule has 0 aliphatic rings. The van der Waals surface area contributed by atoms with Gasteiger partial charge in [-0.2, -0.15) is 5.10 Å². The molecule has 2 aromatic heterocycles. The summed E-state index contributed by atoms with van der Waals surface area (Å²) in [7, 11) is 0. The predicted molar refractivity (Wildman–Crippen MR) is 63.7 cm³/mol. The van der Waals surface area contributed by atoms with Crippen LogP contribution in [0.25, 0.3) is 0 Å². The number of nitrogens with zero attached hydrogens (tertiary/aromatic N) is 3. The smallest absolute Gasteiger partial charge is 0.134 e. The highest BCUT2D eigenvalue weighted by Crippen LogP contribution is 2.28. The standard InChI is InChI=1S/C10H12ClN3OS/c1-2-3-14-6-7(4-13-14)9(15)10-12-5-8(11)16-10/h4-6,9,15H,2-3H2,1H3. The molecular weight excluding hydrogens is 246 g/mol. The molecule has 0 amide bonds. The van der Waals surface area contributed by atoms with Crippen LogP contribution in [0.15, 0.2) is 18.6 Å². The summed E-state index contributed by atoms with van der Waals surface area (Å²) in [6.45, 7) is 2.93. The Morgan fingerprint density at radius 1 is 1.56 bits per heavy atom. The Hall–Kier alpha value is -0.910. The van der Waals surface area contributed by atoms with E-state index >= 15 is 0 Å². The average molecular weight is 258 g/mol. The second kappa shape index (κ2) is 4.95. The molecule has 0 aromatic carbocycles. The van der Waals surface area contributed by atoms with Crippen LogP contribution in [0.4, 0.5) is 0 Å². The first-order valence-corrected chi connectivity index (χ1v) is 6.21. The largest absolute Gasteiger partial charge is 0.381 e. The molecule has 1 atom stereocenters. The molecule has 0 fully saturated rings. The summed E-state index contributed by atoms with van der Waals surface area (Å²) in [5.74, 6) is 0.